The number of hydrogen-bond donors (Lipinski definition) is 3. The molecule has 3 N–H and O–H groups in total. The summed E-state index contributed by atoms with van der Waals surface area (Å²) in [6.07, 6.45) is 47.4. The molecule has 25 aliphatic rings. The number of carbonyl (C=O) groups is 3. The van der Waals surface area contributed by atoms with Crippen molar-refractivity contribution >= 4 is 17.7 Å². The molecule has 3 amide bonds. The first-order valence-electron chi connectivity index (χ1n) is 60.6. The molecule has 21 atom stereocenters. The van der Waals surface area contributed by atoms with Crippen LogP contribution in [0.4, 0.5) is 0 Å². The lowest BCUT2D eigenvalue weighted by Gasteiger charge is -2.66. The second kappa shape index (κ2) is 52.7. The second-order valence-electron chi connectivity index (χ2n) is 60.6. The van der Waals surface area contributed by atoms with Crippen molar-refractivity contribution < 1.29 is 38.1 Å². The Bertz CT molecular complexity index is 3810. The lowest BCUT2D eigenvalue weighted by molar-refractivity contribution is -0.261. The zero-order chi connectivity index (χ0) is 109. The smallest absolute Gasteiger partial charge is 0.219 e. The quantitative estimate of drug-likeness (QED) is 0.229. The van der Waals surface area contributed by atoms with Crippen molar-refractivity contribution in [2.45, 2.75) is 555 Å². The summed E-state index contributed by atoms with van der Waals surface area (Å²) in [4.78, 5) is 53.3. The van der Waals surface area contributed by atoms with E-state index in [0.29, 0.717) is 87.4 Å². The maximum atomic E-state index is 11.6. The molecule has 146 heavy (non-hydrogen) atoms. The zero-order valence-corrected chi connectivity index (χ0v) is 104. The molecule has 850 valence electrons. The van der Waals surface area contributed by atoms with Gasteiger partial charge in [0.15, 0.2) is 0 Å². The van der Waals surface area contributed by atoms with Gasteiger partial charge in [0.1, 0.15) is 0 Å². The normalized spacial score (nSPS) is 36.5. The highest BCUT2D eigenvalue weighted by Gasteiger charge is 2.66. The SMILES string of the molecule is C1CC2CC1CN2.CC(C)(C)C12CCC(CC1)C2.CC(C)(C)C1=C[C@@H]2CCC[C@H](C1)O2.CC(C)(C)C1=C[C@H]2CCC[C@@H](C1)O2.CC(C)(C)N1C2CCCC1CC2.CC(C)C.CC(C)C.CC(C)C.CN1C2CNCC1C2.CN1CC2CC(C1)N2.CN1CC2CCC(C1)N2C(C)(C)C.COC1(C(C)(C)C)C2CC1CN(C(C)=O)C2.COC1(C(C)(C)C)C2CCC1CN(C(C)=O)C2.COC1(C(C)(C)C)CC2CC1CN2C(C)=O. The van der Waals surface area contributed by atoms with Gasteiger partial charge in [-0.15, -0.1) is 0 Å². The molecule has 6 saturated carbocycles. The zero-order valence-electron chi connectivity index (χ0n) is 104. The minimum absolute atomic E-state index is 0.0149. The Labute approximate surface area is 901 Å². The maximum absolute atomic E-state index is 11.6. The Balaban J connectivity index is 0.000000178. The molecule has 0 radical (unpaired) electrons. The van der Waals surface area contributed by atoms with Gasteiger partial charge in [-0.1, -0.05) is 217 Å². The summed E-state index contributed by atoms with van der Waals surface area (Å²) in [7, 11) is 12.2. The van der Waals surface area contributed by atoms with Crippen LogP contribution in [-0.2, 0) is 38.1 Å². The number of rotatable bonds is 3. The molecule has 17 saturated heterocycles. The standard InChI is InChI=1S/C14H25NO2.2C13H23NO2.2C12H20O.C11H22N2.C11H21N.C11H20.2C6H12N2.C6H11N.3C4H10/c1-10(16)15-8-11-6-7-12(9-15)14(11,17-5)13(2,3)4;1-9(15)14-8-10-6-11(14)7-13(10,16-5)12(2,3)4;1-9(15)14-7-10-6-11(8-14)13(10,16-5)12(2,3)4;2*1-12(2,3)9-7-10-5-4-6-11(8-9)13-10;1-11(2,3)13-9-5-6-10(13)8-12(4)7-9;1-11(2,3)12-9-5-4-6-10(12)8-7-9;1-10(2,3)11-6-4-9(8-11)5-7-11;1-8-3-5-2-6(4-8)7-5;1-8-5-2-6(8)4-7-3-5;1-2-6-3-5(1)4-7-6;3*1-4(2)3/h11-12H,6-9H2,1-5H3;2*10-11H,6-8H2,1-5H3;2*7,10-11H,4-6,8H2,1-3H3;9-10H,5-8H2,1-4H3;9-10H,4-8H2,1-3H3;9H,4-8H2,1-3H3;2*5-7H,2-4H2,1H3;5-7H,1-4H2;3*4H,1-3H3/t;;;2*10-,11+;;;;;;;;;/m...10........./s1. The van der Waals surface area contributed by atoms with E-state index in [0.717, 1.165) is 135 Å². The van der Waals surface area contributed by atoms with E-state index in [9.17, 15) is 14.4 Å². The Hall–Kier alpha value is -2.63. The molecular formula is C127H239N11O8. The number of piperidine rings is 8. The van der Waals surface area contributed by atoms with Crippen LogP contribution in [0.15, 0.2) is 23.3 Å². The highest BCUT2D eigenvalue weighted by molar-refractivity contribution is 5.75. The van der Waals surface area contributed by atoms with E-state index < -0.39 is 0 Å². The molecule has 0 aromatic rings. The summed E-state index contributed by atoms with van der Waals surface area (Å²) >= 11 is 0. The van der Waals surface area contributed by atoms with Crippen LogP contribution in [0, 0.1) is 97.1 Å². The van der Waals surface area contributed by atoms with Crippen molar-refractivity contribution in [1.82, 2.24) is 55.1 Å². The van der Waals surface area contributed by atoms with E-state index >= 15 is 0 Å². The van der Waals surface area contributed by atoms with Crippen LogP contribution in [0.5, 0.6) is 0 Å². The summed E-state index contributed by atoms with van der Waals surface area (Å²) < 4.78 is 29.5. The average Bonchev–Trinajstić information content (AvgIpc) is 1.17. The number of likely N-dealkylation sites (tertiary alicyclic amines) is 3. The molecule has 19 heteroatoms. The fourth-order valence-electron chi connectivity index (χ4n) is 31.6. The summed E-state index contributed by atoms with van der Waals surface area (Å²) in [6, 6.07) is 8.21. The molecule has 19 nitrogen and oxygen atoms in total. The van der Waals surface area contributed by atoms with Gasteiger partial charge in [0, 0.05) is 215 Å². The minimum atomic E-state index is -0.0427. The van der Waals surface area contributed by atoms with Gasteiger partial charge < -0.3 is 64.1 Å². The average molecular weight is 2050 g/mol. The molecule has 19 aliphatic heterocycles. The first kappa shape index (κ1) is 127. The van der Waals surface area contributed by atoms with Crippen LogP contribution in [0.2, 0.25) is 0 Å². The Morgan fingerprint density at radius 3 is 1.03 bits per heavy atom. The third-order valence-electron chi connectivity index (χ3n) is 38.6. The van der Waals surface area contributed by atoms with Crippen LogP contribution < -0.4 is 16.0 Å². The number of hydrogen-bond acceptors (Lipinski definition) is 16. The van der Waals surface area contributed by atoms with E-state index in [-0.39, 0.29) is 50.8 Å². The van der Waals surface area contributed by atoms with Crippen LogP contribution in [0.1, 0.15) is 442 Å². The van der Waals surface area contributed by atoms with Gasteiger partial charge in [-0.2, -0.15) is 0 Å². The van der Waals surface area contributed by atoms with Gasteiger partial charge in [0.05, 0.1) is 41.2 Å². The van der Waals surface area contributed by atoms with Crippen molar-refractivity contribution in [3.63, 3.8) is 0 Å². The van der Waals surface area contributed by atoms with Crippen LogP contribution in [0.3, 0.4) is 0 Å². The molecule has 0 aromatic carbocycles. The van der Waals surface area contributed by atoms with Crippen molar-refractivity contribution in [2.24, 2.45) is 97.1 Å². The Morgan fingerprint density at radius 1 is 0.370 bits per heavy atom. The van der Waals surface area contributed by atoms with Gasteiger partial charge >= 0.3 is 0 Å². The predicted octanol–water partition coefficient (Wildman–Crippen LogP) is 25.9. The summed E-state index contributed by atoms with van der Waals surface area (Å²) in [5.74, 6) is 7.82. The van der Waals surface area contributed by atoms with E-state index in [1.165, 1.54) is 226 Å². The molecule has 22 bridgehead atoms. The van der Waals surface area contributed by atoms with Gasteiger partial charge in [-0.05, 0) is 323 Å². The first-order valence-corrected chi connectivity index (χ1v) is 60.6. The molecule has 19 heterocycles. The number of amides is 3. The van der Waals surface area contributed by atoms with E-state index in [4.69, 9.17) is 23.7 Å². The minimum Gasteiger partial charge on any atom is -0.377 e. The number of piperazine rings is 3. The van der Waals surface area contributed by atoms with Crippen molar-refractivity contribution in [3.8, 4) is 0 Å². The number of methoxy groups -OCH3 is 3. The molecule has 0 spiro atoms. The Kier molecular flexibility index (Phi) is 45.8. The first-order chi connectivity index (χ1) is 67.5. The molecular weight excluding hydrogens is 1810 g/mol. The highest BCUT2D eigenvalue weighted by atomic mass is 16.5. The molecule has 23 fully saturated rings. The van der Waals surface area contributed by atoms with Gasteiger partial charge in [-0.25, -0.2) is 0 Å². The molecule has 6 aliphatic carbocycles. The number of carbonyl (C=O) groups excluding carboxylic acids is 3. The summed E-state index contributed by atoms with van der Waals surface area (Å²) in [5, 5.41) is 10.3. The van der Waals surface area contributed by atoms with Crippen LogP contribution >= 0.6 is 0 Å². The molecule has 17 unspecified atom stereocenters. The number of ether oxygens (including phenoxy) is 5. The number of nitrogens with one attached hydrogen (secondary N) is 3. The second-order valence-corrected chi connectivity index (χ2v) is 60.6. The predicted molar refractivity (Wildman–Crippen MR) is 616 cm³/mol. The number of likely N-dealkylation sites (N-methyl/N-ethyl adjacent to an activating group) is 3. The third kappa shape index (κ3) is 32.8. The monoisotopic (exact) mass is 2050 g/mol. The number of fused-ring (bicyclic) bond motifs is 22. The number of nitrogens with zero attached hydrogens (tertiary/aromatic N) is 8. The third-order valence-corrected chi connectivity index (χ3v) is 38.6. The van der Waals surface area contributed by atoms with Gasteiger partial charge in [0.2, 0.25) is 17.7 Å². The lowest BCUT2D eigenvalue weighted by atomic mass is 9.49. The summed E-state index contributed by atoms with van der Waals surface area (Å²) in [5.41, 5.74) is 6.33. The van der Waals surface area contributed by atoms with Gasteiger partial charge in [0.25, 0.3) is 0 Å². The largest absolute Gasteiger partial charge is 0.377 e. The highest BCUT2D eigenvalue weighted by Crippen LogP contribution is 2.64. The van der Waals surface area contributed by atoms with Crippen molar-refractivity contribution in [1.29, 1.82) is 0 Å². The van der Waals surface area contributed by atoms with E-state index in [2.05, 4.69) is 302 Å². The van der Waals surface area contributed by atoms with Crippen molar-refractivity contribution in [3.05, 3.63) is 23.3 Å². The fraction of sp³-hybridized carbons (Fsp3) is 0.945. The van der Waals surface area contributed by atoms with Crippen LogP contribution in [0.25, 0.3) is 0 Å². The summed E-state index contributed by atoms with van der Waals surface area (Å²) in [6.45, 7) is 93.2. The lowest BCUT2D eigenvalue weighted by Crippen LogP contribution is -2.73. The van der Waals surface area contributed by atoms with Crippen LogP contribution in [-0.4, -0.2) is 291 Å². The Morgan fingerprint density at radius 2 is 0.774 bits per heavy atom. The van der Waals surface area contributed by atoms with E-state index in [1.807, 2.05) is 36.0 Å². The maximum Gasteiger partial charge on any atom is 0.219 e. The fourth-order valence-corrected chi connectivity index (χ4v) is 31.6. The van der Waals surface area contributed by atoms with Crippen molar-refractivity contribution in [2.75, 3.05) is 121 Å². The van der Waals surface area contributed by atoms with E-state index in [1.54, 1.807) is 31.9 Å². The molecule has 0 aromatic heterocycles. The topological polar surface area (TPSA) is 159 Å². The van der Waals surface area contributed by atoms with Gasteiger partial charge in [-0.3, -0.25) is 29.1 Å². The molecule has 25 rings (SSSR count).